The van der Waals surface area contributed by atoms with E-state index < -0.39 is 5.97 Å². The van der Waals surface area contributed by atoms with E-state index in [-0.39, 0.29) is 41.3 Å². The van der Waals surface area contributed by atoms with Crippen LogP contribution in [0.15, 0.2) is 48.5 Å². The number of halogens is 1. The Labute approximate surface area is 181 Å². The minimum absolute atomic E-state index is 0.0623. The Hall–Kier alpha value is -2.73. The molecule has 2 aromatic carbocycles. The summed E-state index contributed by atoms with van der Waals surface area (Å²) in [4.78, 5) is 25.9. The first-order chi connectivity index (χ1) is 14.8. The number of ether oxygens (including phenoxy) is 1. The molecule has 164 valence electrons. The lowest BCUT2D eigenvalue weighted by atomic mass is 9.74. The van der Waals surface area contributed by atoms with Crippen molar-refractivity contribution < 1.29 is 23.8 Å². The maximum Gasteiger partial charge on any atom is 0.335 e. The maximum atomic E-state index is 13.4. The quantitative estimate of drug-likeness (QED) is 0.765. The zero-order chi connectivity index (χ0) is 22.1. The number of rotatable bonds is 4. The molecule has 0 saturated carbocycles. The lowest BCUT2D eigenvalue weighted by molar-refractivity contribution is -0.147. The summed E-state index contributed by atoms with van der Waals surface area (Å²) >= 11 is 0. The molecule has 0 bridgehead atoms. The molecule has 4 atom stereocenters. The van der Waals surface area contributed by atoms with Crippen LogP contribution in [-0.2, 0) is 4.74 Å². The second-order valence-electron chi connectivity index (χ2n) is 8.97. The molecular weight excluding hydrogens is 397 g/mol. The normalized spacial score (nSPS) is 25.9. The molecule has 2 heterocycles. The van der Waals surface area contributed by atoms with Gasteiger partial charge in [-0.2, -0.15) is 0 Å². The predicted octanol–water partition coefficient (Wildman–Crippen LogP) is 4.79. The van der Waals surface area contributed by atoms with E-state index in [4.69, 9.17) is 9.84 Å². The van der Waals surface area contributed by atoms with Crippen molar-refractivity contribution in [1.82, 2.24) is 4.90 Å². The zero-order valence-corrected chi connectivity index (χ0v) is 17.8. The van der Waals surface area contributed by atoms with Gasteiger partial charge in [-0.25, -0.2) is 9.18 Å². The largest absolute Gasteiger partial charge is 0.478 e. The summed E-state index contributed by atoms with van der Waals surface area (Å²) in [6, 6.07) is 12.7. The molecule has 0 unspecified atom stereocenters. The number of hydrogen-bond acceptors (Lipinski definition) is 3. The van der Waals surface area contributed by atoms with Crippen molar-refractivity contribution in [2.45, 2.75) is 38.9 Å². The lowest BCUT2D eigenvalue weighted by Gasteiger charge is -2.48. The van der Waals surface area contributed by atoms with E-state index in [9.17, 15) is 14.0 Å². The van der Waals surface area contributed by atoms with Crippen LogP contribution in [0.3, 0.4) is 0 Å². The number of carbonyl (C=O) groups is 2. The van der Waals surface area contributed by atoms with Crippen LogP contribution in [-0.4, -0.2) is 41.1 Å². The minimum atomic E-state index is -1.00. The Bertz CT molecular complexity index is 941. The molecule has 2 aromatic rings. The molecule has 2 aliphatic rings. The van der Waals surface area contributed by atoms with Gasteiger partial charge in [0.1, 0.15) is 5.82 Å². The van der Waals surface area contributed by atoms with E-state index in [1.165, 1.54) is 24.3 Å². The third kappa shape index (κ3) is 4.49. The number of fused-ring (bicyclic) bond motifs is 1. The van der Waals surface area contributed by atoms with Crippen LogP contribution in [0, 0.1) is 23.6 Å². The maximum absolute atomic E-state index is 13.4. The smallest absolute Gasteiger partial charge is 0.335 e. The van der Waals surface area contributed by atoms with Crippen LogP contribution in [0.5, 0.6) is 0 Å². The zero-order valence-electron chi connectivity index (χ0n) is 17.8. The van der Waals surface area contributed by atoms with Gasteiger partial charge in [-0.3, -0.25) is 4.79 Å². The molecular formula is C25H28FNO4. The van der Waals surface area contributed by atoms with Crippen molar-refractivity contribution in [2.24, 2.45) is 17.8 Å². The first-order valence-electron chi connectivity index (χ1n) is 10.9. The summed E-state index contributed by atoms with van der Waals surface area (Å²) in [5.74, 6) is -0.393. The van der Waals surface area contributed by atoms with E-state index in [0.717, 1.165) is 18.4 Å². The summed E-state index contributed by atoms with van der Waals surface area (Å²) < 4.78 is 19.9. The van der Waals surface area contributed by atoms with Gasteiger partial charge in [0.2, 0.25) is 0 Å². The van der Waals surface area contributed by atoms with Crippen LogP contribution >= 0.6 is 0 Å². The summed E-state index contributed by atoms with van der Waals surface area (Å²) in [6.45, 7) is 5.59. The van der Waals surface area contributed by atoms with E-state index >= 15 is 0 Å². The Morgan fingerprint density at radius 3 is 2.32 bits per heavy atom. The predicted molar refractivity (Wildman–Crippen MR) is 114 cm³/mol. The minimum Gasteiger partial charge on any atom is -0.478 e. The monoisotopic (exact) mass is 425 g/mol. The van der Waals surface area contributed by atoms with Gasteiger partial charge in [-0.05, 0) is 66.6 Å². The second-order valence-corrected chi connectivity index (χ2v) is 8.97. The molecule has 0 radical (unpaired) electrons. The molecule has 1 amide bonds. The number of likely N-dealkylation sites (tertiary alicyclic amines) is 1. The molecule has 2 saturated heterocycles. The highest BCUT2D eigenvalue weighted by Crippen LogP contribution is 2.45. The molecule has 1 N–H and O–H groups in total. The first kappa shape index (κ1) is 21.5. The number of amides is 1. The second kappa shape index (κ2) is 8.79. The van der Waals surface area contributed by atoms with Gasteiger partial charge in [0, 0.05) is 24.6 Å². The summed E-state index contributed by atoms with van der Waals surface area (Å²) in [6.07, 6.45) is 1.72. The van der Waals surface area contributed by atoms with E-state index in [1.54, 1.807) is 12.1 Å². The molecule has 2 aliphatic heterocycles. The molecule has 4 rings (SSSR count). The van der Waals surface area contributed by atoms with E-state index in [2.05, 4.69) is 13.8 Å². The van der Waals surface area contributed by atoms with Gasteiger partial charge >= 0.3 is 5.97 Å². The average Bonchev–Trinajstić information content (AvgIpc) is 2.78. The fourth-order valence-corrected chi connectivity index (χ4v) is 4.90. The molecule has 6 heteroatoms. The van der Waals surface area contributed by atoms with Crippen LogP contribution in [0.4, 0.5) is 4.39 Å². The van der Waals surface area contributed by atoms with Crippen molar-refractivity contribution in [3.05, 3.63) is 71.0 Å². The van der Waals surface area contributed by atoms with Gasteiger partial charge in [-0.15, -0.1) is 0 Å². The summed E-state index contributed by atoms with van der Waals surface area (Å²) in [5, 5.41) is 9.05. The number of carboxylic acids is 1. The van der Waals surface area contributed by atoms with Gasteiger partial charge in [-0.1, -0.05) is 26.0 Å². The van der Waals surface area contributed by atoms with Crippen LogP contribution in [0.1, 0.15) is 59.1 Å². The third-order valence-electron chi connectivity index (χ3n) is 6.67. The topological polar surface area (TPSA) is 66.8 Å². The van der Waals surface area contributed by atoms with Crippen molar-refractivity contribution in [3.8, 4) is 0 Å². The number of nitrogens with zero attached hydrogens (tertiary/aromatic N) is 1. The van der Waals surface area contributed by atoms with Crippen LogP contribution in [0.25, 0.3) is 0 Å². The van der Waals surface area contributed by atoms with Crippen LogP contribution in [0.2, 0.25) is 0 Å². The van der Waals surface area contributed by atoms with Crippen molar-refractivity contribution in [3.63, 3.8) is 0 Å². The highest BCUT2D eigenvalue weighted by molar-refractivity contribution is 5.96. The number of carboxylic acid groups (broad SMARTS) is 1. The molecule has 0 spiro atoms. The van der Waals surface area contributed by atoms with Gasteiger partial charge in [0.05, 0.1) is 17.8 Å². The standard InChI is InChI=1S/C25H28FNO4/c1-15(2)21-13-19-14-27(24(28)17-3-5-18(6-4-17)25(29)30)12-11-22(19)31-23(21)16-7-9-20(26)10-8-16/h3-10,15,19,21-23H,11-14H2,1-2H3,(H,29,30)/t19-,21-,22+,23-/m1/s1. The highest BCUT2D eigenvalue weighted by atomic mass is 19.1. The SMILES string of the molecule is CC(C)[C@H]1C[C@@H]2CN(C(=O)c3ccc(C(=O)O)cc3)CC[C@@H]2O[C@@H]1c1ccc(F)cc1. The van der Waals surface area contributed by atoms with E-state index in [0.29, 0.717) is 24.6 Å². The number of hydrogen-bond donors (Lipinski definition) is 1. The molecule has 5 nitrogen and oxygen atoms in total. The van der Waals surface area contributed by atoms with Gasteiger partial charge < -0.3 is 14.7 Å². The third-order valence-corrected chi connectivity index (χ3v) is 6.67. The highest BCUT2D eigenvalue weighted by Gasteiger charge is 2.43. The fraction of sp³-hybridized carbons (Fsp3) is 0.440. The number of carbonyl (C=O) groups excluding carboxylic acids is 1. The molecule has 2 fully saturated rings. The van der Waals surface area contributed by atoms with Gasteiger partial charge in [0.25, 0.3) is 5.91 Å². The molecule has 31 heavy (non-hydrogen) atoms. The van der Waals surface area contributed by atoms with Crippen molar-refractivity contribution >= 4 is 11.9 Å². The molecule has 0 aliphatic carbocycles. The van der Waals surface area contributed by atoms with Crippen molar-refractivity contribution in [1.29, 1.82) is 0 Å². The van der Waals surface area contributed by atoms with Gasteiger partial charge in [0.15, 0.2) is 0 Å². The summed E-state index contributed by atoms with van der Waals surface area (Å²) in [7, 11) is 0. The Balaban J connectivity index is 1.47. The average molecular weight is 426 g/mol. The molecule has 0 aromatic heterocycles. The first-order valence-corrected chi connectivity index (χ1v) is 10.9. The van der Waals surface area contributed by atoms with Crippen LogP contribution < -0.4 is 0 Å². The lowest BCUT2D eigenvalue weighted by Crippen LogP contribution is -2.51. The fourth-order valence-electron chi connectivity index (χ4n) is 4.90. The Morgan fingerprint density at radius 1 is 1.06 bits per heavy atom. The number of aromatic carboxylic acids is 1. The number of benzene rings is 2. The van der Waals surface area contributed by atoms with Crippen molar-refractivity contribution in [2.75, 3.05) is 13.1 Å². The Morgan fingerprint density at radius 2 is 1.71 bits per heavy atom. The Kier molecular flexibility index (Phi) is 6.10. The van der Waals surface area contributed by atoms with E-state index in [1.807, 2.05) is 17.0 Å². The number of piperidine rings is 1. The summed E-state index contributed by atoms with van der Waals surface area (Å²) in [5.41, 5.74) is 1.68.